The van der Waals surface area contributed by atoms with Crippen LogP contribution in [0.15, 0.2) is 16.6 Å². The number of hydrogen-bond donors (Lipinski definition) is 1. The van der Waals surface area contributed by atoms with Gasteiger partial charge in [0, 0.05) is 18.8 Å². The average Bonchev–Trinajstić information content (AvgIpc) is 2.32. The zero-order chi connectivity index (χ0) is 13.1. The van der Waals surface area contributed by atoms with E-state index in [0.29, 0.717) is 10.4 Å². The Balaban J connectivity index is 1.95. The van der Waals surface area contributed by atoms with E-state index in [2.05, 4.69) is 33.2 Å². The predicted octanol–water partition coefficient (Wildman–Crippen LogP) is 3.65. The summed E-state index contributed by atoms with van der Waals surface area (Å²) in [6.45, 7) is 5.25. The van der Waals surface area contributed by atoms with Gasteiger partial charge in [-0.25, -0.2) is 4.39 Å². The van der Waals surface area contributed by atoms with Crippen LogP contribution < -0.4 is 5.32 Å². The van der Waals surface area contributed by atoms with Gasteiger partial charge in [0.1, 0.15) is 5.82 Å². The SMILES string of the molecule is Cc1cc(F)c(Br)cc1NCC1CCCN(C)C1. The first-order valence-corrected chi connectivity index (χ1v) is 7.23. The molecular weight excluding hydrogens is 295 g/mol. The van der Waals surface area contributed by atoms with E-state index in [9.17, 15) is 4.39 Å². The first-order chi connectivity index (χ1) is 8.56. The highest BCUT2D eigenvalue weighted by molar-refractivity contribution is 9.10. The van der Waals surface area contributed by atoms with Crippen LogP contribution in [0, 0.1) is 18.7 Å². The largest absolute Gasteiger partial charge is 0.384 e. The van der Waals surface area contributed by atoms with Gasteiger partial charge in [0.2, 0.25) is 0 Å². The van der Waals surface area contributed by atoms with Crippen molar-refractivity contribution >= 4 is 21.6 Å². The molecule has 1 N–H and O–H groups in total. The number of nitrogens with one attached hydrogen (secondary N) is 1. The molecule has 1 atom stereocenters. The maximum absolute atomic E-state index is 13.3. The second-order valence-electron chi connectivity index (χ2n) is 5.23. The molecule has 1 saturated heterocycles. The predicted molar refractivity (Wildman–Crippen MR) is 77.5 cm³/mol. The molecule has 4 heteroatoms. The van der Waals surface area contributed by atoms with Crippen molar-refractivity contribution in [3.8, 4) is 0 Å². The van der Waals surface area contributed by atoms with Crippen molar-refractivity contribution in [1.82, 2.24) is 4.90 Å². The Labute approximate surface area is 117 Å². The molecule has 1 aliphatic heterocycles. The molecule has 0 spiro atoms. The number of piperidine rings is 1. The summed E-state index contributed by atoms with van der Waals surface area (Å²) >= 11 is 3.23. The van der Waals surface area contributed by atoms with Crippen LogP contribution >= 0.6 is 15.9 Å². The van der Waals surface area contributed by atoms with Crippen LogP contribution in [0.3, 0.4) is 0 Å². The van der Waals surface area contributed by atoms with Crippen LogP contribution in [0.4, 0.5) is 10.1 Å². The Bertz CT molecular complexity index is 423. The Morgan fingerprint density at radius 1 is 1.50 bits per heavy atom. The Morgan fingerprint density at radius 2 is 2.28 bits per heavy atom. The van der Waals surface area contributed by atoms with E-state index < -0.39 is 0 Å². The molecule has 1 unspecified atom stereocenters. The van der Waals surface area contributed by atoms with E-state index in [-0.39, 0.29) is 5.82 Å². The number of rotatable bonds is 3. The third-order valence-corrected chi connectivity index (χ3v) is 4.18. The molecule has 0 radical (unpaired) electrons. The molecule has 0 aromatic heterocycles. The molecule has 1 fully saturated rings. The lowest BCUT2D eigenvalue weighted by Gasteiger charge is -2.30. The van der Waals surface area contributed by atoms with Crippen molar-refractivity contribution in [1.29, 1.82) is 0 Å². The molecule has 1 heterocycles. The summed E-state index contributed by atoms with van der Waals surface area (Å²) in [5, 5.41) is 3.45. The van der Waals surface area contributed by atoms with Gasteiger partial charge >= 0.3 is 0 Å². The highest BCUT2D eigenvalue weighted by atomic mass is 79.9. The second kappa shape index (κ2) is 6.02. The van der Waals surface area contributed by atoms with Gasteiger partial charge in [0.25, 0.3) is 0 Å². The smallest absolute Gasteiger partial charge is 0.137 e. The lowest BCUT2D eigenvalue weighted by Crippen LogP contribution is -2.35. The zero-order valence-electron chi connectivity index (χ0n) is 11.0. The first-order valence-electron chi connectivity index (χ1n) is 6.44. The quantitative estimate of drug-likeness (QED) is 0.916. The maximum Gasteiger partial charge on any atom is 0.137 e. The van der Waals surface area contributed by atoms with Crippen LogP contribution in [-0.4, -0.2) is 31.6 Å². The van der Waals surface area contributed by atoms with Gasteiger partial charge in [-0.2, -0.15) is 0 Å². The molecule has 0 aliphatic carbocycles. The Morgan fingerprint density at radius 3 is 3.00 bits per heavy atom. The molecule has 18 heavy (non-hydrogen) atoms. The molecule has 1 aromatic rings. The van der Waals surface area contributed by atoms with Crippen LogP contribution in [0.2, 0.25) is 0 Å². The number of halogens is 2. The first kappa shape index (κ1) is 13.8. The minimum atomic E-state index is -0.199. The summed E-state index contributed by atoms with van der Waals surface area (Å²) in [6, 6.07) is 3.40. The second-order valence-corrected chi connectivity index (χ2v) is 6.09. The maximum atomic E-state index is 13.3. The lowest BCUT2D eigenvalue weighted by molar-refractivity contribution is 0.217. The summed E-state index contributed by atoms with van der Waals surface area (Å²) in [4.78, 5) is 2.38. The number of hydrogen-bond acceptors (Lipinski definition) is 2. The topological polar surface area (TPSA) is 15.3 Å². The van der Waals surface area contributed by atoms with E-state index in [1.165, 1.54) is 19.4 Å². The number of anilines is 1. The van der Waals surface area contributed by atoms with Crippen molar-refractivity contribution in [3.05, 3.63) is 28.0 Å². The molecule has 0 saturated carbocycles. The van der Waals surface area contributed by atoms with Crippen molar-refractivity contribution in [2.75, 3.05) is 32.0 Å². The lowest BCUT2D eigenvalue weighted by atomic mass is 9.98. The minimum Gasteiger partial charge on any atom is -0.384 e. The van der Waals surface area contributed by atoms with E-state index >= 15 is 0 Å². The van der Waals surface area contributed by atoms with Gasteiger partial charge in [0.15, 0.2) is 0 Å². The third kappa shape index (κ3) is 3.45. The highest BCUT2D eigenvalue weighted by Gasteiger charge is 2.17. The van der Waals surface area contributed by atoms with Crippen molar-refractivity contribution in [3.63, 3.8) is 0 Å². The normalized spacial score (nSPS) is 21.0. The fourth-order valence-electron chi connectivity index (χ4n) is 2.53. The molecule has 2 rings (SSSR count). The van der Waals surface area contributed by atoms with Gasteiger partial charge in [-0.3, -0.25) is 0 Å². The van der Waals surface area contributed by atoms with Gasteiger partial charge < -0.3 is 10.2 Å². The molecule has 1 aromatic carbocycles. The monoisotopic (exact) mass is 314 g/mol. The summed E-state index contributed by atoms with van der Waals surface area (Å²) < 4.78 is 13.8. The Hall–Kier alpha value is -0.610. The van der Waals surface area contributed by atoms with Crippen molar-refractivity contribution < 1.29 is 4.39 Å². The summed E-state index contributed by atoms with van der Waals surface area (Å²) in [5.41, 5.74) is 1.98. The molecular formula is C14H20BrFN2. The van der Waals surface area contributed by atoms with Crippen molar-refractivity contribution in [2.24, 2.45) is 5.92 Å². The van der Waals surface area contributed by atoms with Gasteiger partial charge in [-0.1, -0.05) is 0 Å². The highest BCUT2D eigenvalue weighted by Crippen LogP contribution is 2.25. The van der Waals surface area contributed by atoms with Crippen molar-refractivity contribution in [2.45, 2.75) is 19.8 Å². The number of benzene rings is 1. The van der Waals surface area contributed by atoms with Gasteiger partial charge in [0.05, 0.1) is 4.47 Å². The molecule has 0 amide bonds. The van der Waals surface area contributed by atoms with Crippen LogP contribution in [-0.2, 0) is 0 Å². The fraction of sp³-hybridized carbons (Fsp3) is 0.571. The molecule has 100 valence electrons. The minimum absolute atomic E-state index is 0.199. The van der Waals surface area contributed by atoms with Crippen LogP contribution in [0.1, 0.15) is 18.4 Å². The number of nitrogens with zero attached hydrogens (tertiary/aromatic N) is 1. The van der Waals surface area contributed by atoms with E-state index in [1.54, 1.807) is 6.07 Å². The summed E-state index contributed by atoms with van der Waals surface area (Å²) in [7, 11) is 2.17. The van der Waals surface area contributed by atoms with Crippen LogP contribution in [0.25, 0.3) is 0 Å². The van der Waals surface area contributed by atoms with Gasteiger partial charge in [-0.15, -0.1) is 0 Å². The Kier molecular flexibility index (Phi) is 4.62. The fourth-order valence-corrected chi connectivity index (χ4v) is 2.87. The van der Waals surface area contributed by atoms with Gasteiger partial charge in [-0.05, 0) is 72.9 Å². The van der Waals surface area contributed by atoms with E-state index in [1.807, 2.05) is 13.0 Å². The zero-order valence-corrected chi connectivity index (χ0v) is 12.6. The number of likely N-dealkylation sites (tertiary alicyclic amines) is 1. The molecule has 1 aliphatic rings. The van der Waals surface area contributed by atoms with Crippen LogP contribution in [0.5, 0.6) is 0 Å². The third-order valence-electron chi connectivity index (χ3n) is 3.57. The van der Waals surface area contributed by atoms with E-state index in [4.69, 9.17) is 0 Å². The summed E-state index contributed by atoms with van der Waals surface area (Å²) in [6.07, 6.45) is 2.55. The summed E-state index contributed by atoms with van der Waals surface area (Å²) in [5.74, 6) is 0.488. The standard InChI is InChI=1S/C14H20BrFN2/c1-10-6-13(16)12(15)7-14(10)17-8-11-4-3-5-18(2)9-11/h6-7,11,17H,3-5,8-9H2,1-2H3. The van der Waals surface area contributed by atoms with E-state index in [0.717, 1.165) is 24.3 Å². The molecule has 2 nitrogen and oxygen atoms in total. The number of aryl methyl sites for hydroxylation is 1. The average molecular weight is 315 g/mol. The molecule has 0 bridgehead atoms.